The highest BCUT2D eigenvalue weighted by atomic mass is 35.5. The summed E-state index contributed by atoms with van der Waals surface area (Å²) in [5.41, 5.74) is 1.64. The summed E-state index contributed by atoms with van der Waals surface area (Å²) in [6.45, 7) is 1.96. The normalized spacial score (nSPS) is 11.9. The topological polar surface area (TPSA) is 72.7 Å². The van der Waals surface area contributed by atoms with E-state index in [2.05, 4.69) is 20.4 Å². The van der Waals surface area contributed by atoms with Crippen LogP contribution in [0.3, 0.4) is 0 Å². The SMILES string of the molecule is CC(Cc1ccc(Cl)cc1)NC(=O)c1ccnc(-n2cncn2)c1. The molecule has 1 amide bonds. The fraction of sp³-hybridized carbons (Fsp3) is 0.176. The maximum Gasteiger partial charge on any atom is 0.251 e. The van der Waals surface area contributed by atoms with Crippen LogP contribution in [0.1, 0.15) is 22.8 Å². The monoisotopic (exact) mass is 341 g/mol. The van der Waals surface area contributed by atoms with Gasteiger partial charge in [-0.15, -0.1) is 0 Å². The number of aromatic nitrogens is 4. The molecule has 0 saturated carbocycles. The van der Waals surface area contributed by atoms with Gasteiger partial charge in [0.2, 0.25) is 0 Å². The molecule has 0 bridgehead atoms. The van der Waals surface area contributed by atoms with Gasteiger partial charge >= 0.3 is 0 Å². The van der Waals surface area contributed by atoms with Crippen LogP contribution in [0, 0.1) is 0 Å². The third kappa shape index (κ3) is 3.97. The number of nitrogens with zero attached hydrogens (tertiary/aromatic N) is 4. The van der Waals surface area contributed by atoms with Gasteiger partial charge in [0.1, 0.15) is 12.7 Å². The van der Waals surface area contributed by atoms with Crippen LogP contribution >= 0.6 is 11.6 Å². The Hall–Kier alpha value is -2.73. The Bertz CT molecular complexity index is 817. The number of carbonyl (C=O) groups excluding carboxylic acids is 1. The molecular weight excluding hydrogens is 326 g/mol. The number of pyridine rings is 1. The van der Waals surface area contributed by atoms with Gasteiger partial charge in [-0.05, 0) is 43.2 Å². The predicted octanol–water partition coefficient (Wildman–Crippen LogP) is 2.68. The second-order valence-electron chi connectivity index (χ2n) is 5.45. The molecule has 6 nitrogen and oxygen atoms in total. The first-order valence-corrected chi connectivity index (χ1v) is 7.86. The summed E-state index contributed by atoms with van der Waals surface area (Å²) in [4.78, 5) is 20.5. The molecule has 0 aliphatic rings. The summed E-state index contributed by atoms with van der Waals surface area (Å²) in [5.74, 6) is 0.394. The van der Waals surface area contributed by atoms with Crippen molar-refractivity contribution in [3.63, 3.8) is 0 Å². The fourth-order valence-corrected chi connectivity index (χ4v) is 2.47. The second kappa shape index (κ2) is 7.23. The van der Waals surface area contributed by atoms with E-state index in [1.807, 2.05) is 31.2 Å². The lowest BCUT2D eigenvalue weighted by atomic mass is 10.1. The molecule has 122 valence electrons. The predicted molar refractivity (Wildman–Crippen MR) is 91.2 cm³/mol. The van der Waals surface area contributed by atoms with E-state index >= 15 is 0 Å². The maximum atomic E-state index is 12.4. The zero-order valence-corrected chi connectivity index (χ0v) is 13.8. The number of hydrogen-bond acceptors (Lipinski definition) is 4. The van der Waals surface area contributed by atoms with Gasteiger partial charge in [0.25, 0.3) is 5.91 Å². The molecule has 1 aromatic carbocycles. The first-order chi connectivity index (χ1) is 11.6. The van der Waals surface area contributed by atoms with Crippen molar-refractivity contribution in [2.24, 2.45) is 0 Å². The Morgan fingerprint density at radius 2 is 2.08 bits per heavy atom. The number of rotatable bonds is 5. The van der Waals surface area contributed by atoms with Crippen LogP contribution in [0.5, 0.6) is 0 Å². The lowest BCUT2D eigenvalue weighted by molar-refractivity contribution is 0.0940. The van der Waals surface area contributed by atoms with Gasteiger partial charge in [0.15, 0.2) is 5.82 Å². The van der Waals surface area contributed by atoms with Gasteiger partial charge in [-0.3, -0.25) is 4.79 Å². The number of hydrogen-bond donors (Lipinski definition) is 1. The Morgan fingerprint density at radius 1 is 1.29 bits per heavy atom. The van der Waals surface area contributed by atoms with E-state index in [1.54, 1.807) is 18.3 Å². The third-order valence-electron chi connectivity index (χ3n) is 3.49. The molecule has 3 rings (SSSR count). The van der Waals surface area contributed by atoms with Gasteiger partial charge in [0.05, 0.1) is 0 Å². The molecule has 0 saturated heterocycles. The highest BCUT2D eigenvalue weighted by Crippen LogP contribution is 2.11. The Morgan fingerprint density at radius 3 is 2.79 bits per heavy atom. The molecule has 2 aromatic heterocycles. The minimum Gasteiger partial charge on any atom is -0.349 e. The van der Waals surface area contributed by atoms with Crippen LogP contribution in [0.25, 0.3) is 5.82 Å². The summed E-state index contributed by atoms with van der Waals surface area (Å²) < 4.78 is 1.51. The standard InChI is InChI=1S/C17H16ClN5O/c1-12(8-13-2-4-15(18)5-3-13)22-17(24)14-6-7-20-16(9-14)23-11-19-10-21-23/h2-7,9-12H,8H2,1H3,(H,22,24). The van der Waals surface area contributed by atoms with Crippen molar-refractivity contribution in [2.75, 3.05) is 0 Å². The van der Waals surface area contributed by atoms with Crippen molar-refractivity contribution in [1.29, 1.82) is 0 Å². The molecule has 0 aliphatic carbocycles. The van der Waals surface area contributed by atoms with Crippen molar-refractivity contribution in [2.45, 2.75) is 19.4 Å². The summed E-state index contributed by atoms with van der Waals surface area (Å²) >= 11 is 5.88. The number of nitrogens with one attached hydrogen (secondary N) is 1. The van der Waals surface area contributed by atoms with E-state index in [0.717, 1.165) is 12.0 Å². The molecule has 3 aromatic rings. The van der Waals surface area contributed by atoms with Crippen molar-refractivity contribution >= 4 is 17.5 Å². The largest absolute Gasteiger partial charge is 0.349 e. The van der Waals surface area contributed by atoms with E-state index in [4.69, 9.17) is 11.6 Å². The minimum absolute atomic E-state index is 0.0124. The lowest BCUT2D eigenvalue weighted by Gasteiger charge is -2.14. The zero-order chi connectivity index (χ0) is 16.9. The molecule has 1 unspecified atom stereocenters. The number of amides is 1. The van der Waals surface area contributed by atoms with Crippen molar-refractivity contribution < 1.29 is 4.79 Å². The lowest BCUT2D eigenvalue weighted by Crippen LogP contribution is -2.34. The first kappa shape index (κ1) is 16.1. The molecule has 2 heterocycles. The van der Waals surface area contributed by atoms with Gasteiger partial charge in [-0.2, -0.15) is 5.10 Å². The van der Waals surface area contributed by atoms with Crippen LogP contribution in [0.4, 0.5) is 0 Å². The summed E-state index contributed by atoms with van der Waals surface area (Å²) in [6, 6.07) is 10.9. The van der Waals surface area contributed by atoms with Crippen molar-refractivity contribution in [3.8, 4) is 5.82 Å². The van der Waals surface area contributed by atoms with Crippen LogP contribution in [-0.2, 0) is 6.42 Å². The van der Waals surface area contributed by atoms with E-state index in [0.29, 0.717) is 16.4 Å². The number of carbonyl (C=O) groups is 1. The highest BCUT2D eigenvalue weighted by molar-refractivity contribution is 6.30. The fourth-order valence-electron chi connectivity index (χ4n) is 2.34. The molecule has 0 fully saturated rings. The van der Waals surface area contributed by atoms with E-state index in [1.165, 1.54) is 17.3 Å². The van der Waals surface area contributed by atoms with Gasteiger partial charge in [-0.1, -0.05) is 23.7 Å². The summed E-state index contributed by atoms with van der Waals surface area (Å²) in [5, 5.41) is 7.70. The molecule has 24 heavy (non-hydrogen) atoms. The van der Waals surface area contributed by atoms with Crippen molar-refractivity contribution in [3.05, 3.63) is 71.4 Å². The van der Waals surface area contributed by atoms with Crippen LogP contribution in [0.2, 0.25) is 5.02 Å². The third-order valence-corrected chi connectivity index (χ3v) is 3.75. The molecule has 1 atom stereocenters. The smallest absolute Gasteiger partial charge is 0.251 e. The molecular formula is C17H16ClN5O. The van der Waals surface area contributed by atoms with Gasteiger partial charge < -0.3 is 5.32 Å². The van der Waals surface area contributed by atoms with Crippen LogP contribution in [-0.4, -0.2) is 31.7 Å². The van der Waals surface area contributed by atoms with Crippen molar-refractivity contribution in [1.82, 2.24) is 25.1 Å². The average molecular weight is 342 g/mol. The molecule has 0 radical (unpaired) electrons. The first-order valence-electron chi connectivity index (χ1n) is 7.48. The van der Waals surface area contributed by atoms with E-state index in [9.17, 15) is 4.79 Å². The quantitative estimate of drug-likeness (QED) is 0.774. The Balaban J connectivity index is 1.66. The second-order valence-corrected chi connectivity index (χ2v) is 5.88. The molecule has 0 aliphatic heterocycles. The van der Waals surface area contributed by atoms with Crippen LogP contribution in [0.15, 0.2) is 55.2 Å². The number of halogens is 1. The zero-order valence-electron chi connectivity index (χ0n) is 13.1. The average Bonchev–Trinajstić information content (AvgIpc) is 3.11. The van der Waals surface area contributed by atoms with Crippen LogP contribution < -0.4 is 5.32 Å². The summed E-state index contributed by atoms with van der Waals surface area (Å²) in [7, 11) is 0. The Labute approximate surface area is 144 Å². The maximum absolute atomic E-state index is 12.4. The molecule has 1 N–H and O–H groups in total. The van der Waals surface area contributed by atoms with E-state index < -0.39 is 0 Å². The molecule has 0 spiro atoms. The highest BCUT2D eigenvalue weighted by Gasteiger charge is 2.12. The minimum atomic E-state index is -0.153. The summed E-state index contributed by atoms with van der Waals surface area (Å²) in [6.07, 6.45) is 5.26. The number of benzene rings is 1. The Kier molecular flexibility index (Phi) is 4.86. The van der Waals surface area contributed by atoms with Gasteiger partial charge in [-0.25, -0.2) is 14.6 Å². The van der Waals surface area contributed by atoms with E-state index in [-0.39, 0.29) is 11.9 Å². The van der Waals surface area contributed by atoms with Gasteiger partial charge in [0, 0.05) is 22.8 Å². The molecule has 7 heteroatoms.